The van der Waals surface area contributed by atoms with Gasteiger partial charge < -0.3 is 0 Å². The van der Waals surface area contributed by atoms with Gasteiger partial charge in [-0.3, -0.25) is 0 Å². The highest BCUT2D eigenvalue weighted by molar-refractivity contribution is 7.40. The monoisotopic (exact) mass is 310 g/mol. The molecule has 1 aliphatic rings. The molecule has 0 N–H and O–H groups in total. The summed E-state index contributed by atoms with van der Waals surface area (Å²) in [6.45, 7) is 10.6. The lowest BCUT2D eigenvalue weighted by Gasteiger charge is -2.37. The van der Waals surface area contributed by atoms with Crippen LogP contribution >= 0.6 is 8.58 Å². The summed E-state index contributed by atoms with van der Waals surface area (Å²) in [6.07, 6.45) is 2.16. The Labute approximate surface area is 133 Å². The van der Waals surface area contributed by atoms with E-state index in [2.05, 4.69) is 57.2 Å². The quantitative estimate of drug-likeness (QED) is 0.614. The van der Waals surface area contributed by atoms with Crippen molar-refractivity contribution in [1.82, 2.24) is 0 Å². The third-order valence-corrected chi connectivity index (χ3v) is 4.97. The average molecular weight is 310 g/mol. The van der Waals surface area contributed by atoms with E-state index in [9.17, 15) is 4.39 Å². The first-order valence-corrected chi connectivity index (χ1v) is 9.02. The molecule has 22 heavy (non-hydrogen) atoms. The summed E-state index contributed by atoms with van der Waals surface area (Å²) >= 11 is 0. The van der Waals surface area contributed by atoms with Crippen LogP contribution in [0.4, 0.5) is 4.39 Å². The molecule has 2 heteroatoms. The molecule has 112 valence electrons. The fourth-order valence-corrected chi connectivity index (χ4v) is 3.77. The molecule has 0 bridgehead atoms. The minimum absolute atomic E-state index is 0.148. The Kier molecular flexibility index (Phi) is 3.78. The van der Waals surface area contributed by atoms with Crippen molar-refractivity contribution in [2.24, 2.45) is 0 Å². The molecule has 0 amide bonds. The number of halogens is 1. The largest absolute Gasteiger partial charge is 0.207 e. The molecule has 1 unspecified atom stereocenters. The van der Waals surface area contributed by atoms with Gasteiger partial charge in [-0.1, -0.05) is 62.7 Å². The van der Waals surface area contributed by atoms with E-state index in [4.69, 9.17) is 0 Å². The van der Waals surface area contributed by atoms with Crippen LogP contribution in [0.2, 0.25) is 0 Å². The van der Waals surface area contributed by atoms with Crippen LogP contribution in [-0.4, -0.2) is 6.66 Å². The number of hydrogen-bond donors (Lipinski definition) is 0. The fourth-order valence-electron chi connectivity index (χ4n) is 3.42. The molecule has 0 fully saturated rings. The molecule has 2 aromatic rings. The molecule has 0 spiro atoms. The lowest BCUT2D eigenvalue weighted by Crippen LogP contribution is -2.28. The van der Waals surface area contributed by atoms with Gasteiger partial charge in [0.2, 0.25) is 0 Å². The summed E-state index contributed by atoms with van der Waals surface area (Å²) in [7, 11) is 0.766. The van der Waals surface area contributed by atoms with Gasteiger partial charge in [0.05, 0.1) is 0 Å². The summed E-state index contributed by atoms with van der Waals surface area (Å²) in [5, 5.41) is 0. The molecule has 0 heterocycles. The van der Waals surface area contributed by atoms with E-state index in [-0.39, 0.29) is 11.2 Å². The summed E-state index contributed by atoms with van der Waals surface area (Å²) in [6, 6.07) is 11.6. The second-order valence-corrected chi connectivity index (χ2v) is 7.07. The molecule has 3 rings (SSSR count). The Bertz CT molecular complexity index is 784. The van der Waals surface area contributed by atoms with E-state index in [0.717, 1.165) is 36.4 Å². The van der Waals surface area contributed by atoms with Crippen LogP contribution < -0.4 is 0 Å². The Hall–Kier alpha value is -1.72. The topological polar surface area (TPSA) is 0 Å². The Balaban J connectivity index is 2.33. The lowest BCUT2D eigenvalue weighted by atomic mass is 9.66. The van der Waals surface area contributed by atoms with Gasteiger partial charge in [0, 0.05) is 11.0 Å². The van der Waals surface area contributed by atoms with E-state index in [1.54, 1.807) is 12.1 Å². The molecule has 1 aliphatic carbocycles. The summed E-state index contributed by atoms with van der Waals surface area (Å²) < 4.78 is 14.5. The summed E-state index contributed by atoms with van der Waals surface area (Å²) in [5.41, 5.74) is 5.71. The predicted molar refractivity (Wildman–Crippen MR) is 96.4 cm³/mol. The highest BCUT2D eigenvalue weighted by Gasteiger charge is 2.37. The van der Waals surface area contributed by atoms with Crippen molar-refractivity contribution in [3.05, 3.63) is 82.4 Å². The van der Waals surface area contributed by atoms with Crippen molar-refractivity contribution in [3.8, 4) is 0 Å². The molecular weight excluding hydrogens is 290 g/mol. The Morgan fingerprint density at radius 1 is 1.14 bits per heavy atom. The fraction of sp³-hybridized carbons (Fsp3) is 0.200. The van der Waals surface area contributed by atoms with Crippen molar-refractivity contribution < 1.29 is 4.39 Å². The van der Waals surface area contributed by atoms with Crippen molar-refractivity contribution >= 4 is 20.2 Å². The first kappa shape index (κ1) is 15.2. The van der Waals surface area contributed by atoms with Gasteiger partial charge in [0.25, 0.3) is 0 Å². The molecule has 2 aromatic carbocycles. The van der Waals surface area contributed by atoms with E-state index in [0.29, 0.717) is 0 Å². The van der Waals surface area contributed by atoms with E-state index in [1.807, 2.05) is 6.07 Å². The van der Waals surface area contributed by atoms with E-state index >= 15 is 0 Å². The standard InChI is InChI=1S/C20H20FP/c1-13-15-8-6-10-17(21)19(15)20(2,3)16-9-5-7-14(18(13)16)11-12-22-4/h5-12,22H,1H2,2-4H3/b12-11-. The zero-order chi connectivity index (χ0) is 15.9. The van der Waals surface area contributed by atoms with Crippen molar-refractivity contribution in [2.45, 2.75) is 19.3 Å². The van der Waals surface area contributed by atoms with E-state index < -0.39 is 0 Å². The predicted octanol–water partition coefficient (Wildman–Crippen LogP) is 5.81. The molecule has 0 nitrogen and oxygen atoms in total. The molecular formula is C20H20FP. The van der Waals surface area contributed by atoms with Crippen LogP contribution in [0.25, 0.3) is 11.6 Å². The lowest BCUT2D eigenvalue weighted by molar-refractivity contribution is 0.542. The van der Waals surface area contributed by atoms with Crippen LogP contribution in [0.1, 0.15) is 41.7 Å². The minimum Gasteiger partial charge on any atom is -0.207 e. The zero-order valence-corrected chi connectivity index (χ0v) is 14.2. The second-order valence-electron chi connectivity index (χ2n) is 6.16. The highest BCUT2D eigenvalue weighted by atomic mass is 31.1. The van der Waals surface area contributed by atoms with Gasteiger partial charge in [-0.15, -0.1) is 8.58 Å². The number of hydrogen-bond acceptors (Lipinski definition) is 0. The van der Waals surface area contributed by atoms with Crippen molar-refractivity contribution in [2.75, 3.05) is 6.66 Å². The Morgan fingerprint density at radius 2 is 1.86 bits per heavy atom. The average Bonchev–Trinajstić information content (AvgIpc) is 2.50. The number of benzene rings is 2. The summed E-state index contributed by atoms with van der Waals surface area (Å²) in [5.74, 6) is 2.03. The molecule has 0 saturated heterocycles. The molecule has 0 aromatic heterocycles. The van der Waals surface area contributed by atoms with Gasteiger partial charge in [0.1, 0.15) is 5.82 Å². The highest BCUT2D eigenvalue weighted by Crippen LogP contribution is 2.47. The van der Waals surface area contributed by atoms with Gasteiger partial charge in [-0.2, -0.15) is 0 Å². The molecule has 1 atom stereocenters. The third-order valence-electron chi connectivity index (χ3n) is 4.47. The first-order chi connectivity index (χ1) is 10.5. The van der Waals surface area contributed by atoms with Crippen LogP contribution in [0.15, 0.2) is 48.8 Å². The molecule has 0 saturated carbocycles. The van der Waals surface area contributed by atoms with Crippen molar-refractivity contribution in [3.63, 3.8) is 0 Å². The van der Waals surface area contributed by atoms with Crippen LogP contribution in [0.5, 0.6) is 0 Å². The zero-order valence-electron chi connectivity index (χ0n) is 13.2. The van der Waals surface area contributed by atoms with Gasteiger partial charge in [0.15, 0.2) is 0 Å². The van der Waals surface area contributed by atoms with Crippen LogP contribution in [0, 0.1) is 5.82 Å². The van der Waals surface area contributed by atoms with E-state index in [1.165, 1.54) is 5.56 Å². The van der Waals surface area contributed by atoms with Crippen LogP contribution in [0.3, 0.4) is 0 Å². The summed E-state index contributed by atoms with van der Waals surface area (Å²) in [4.78, 5) is 0. The maximum Gasteiger partial charge on any atom is 0.127 e. The van der Waals surface area contributed by atoms with Gasteiger partial charge in [-0.05, 0) is 40.6 Å². The normalized spacial score (nSPS) is 16.3. The van der Waals surface area contributed by atoms with Gasteiger partial charge in [-0.25, -0.2) is 4.39 Å². The van der Waals surface area contributed by atoms with Crippen molar-refractivity contribution in [1.29, 1.82) is 0 Å². The second kappa shape index (κ2) is 5.48. The van der Waals surface area contributed by atoms with Gasteiger partial charge >= 0.3 is 0 Å². The Morgan fingerprint density at radius 3 is 2.59 bits per heavy atom. The third kappa shape index (κ3) is 2.16. The number of rotatable bonds is 2. The number of fused-ring (bicyclic) bond motifs is 2. The minimum atomic E-state index is -0.366. The SMILES string of the molecule is C=C1c2cccc(F)c2C(C)(C)c2cccc(/C=C\PC)c21. The molecule has 0 aliphatic heterocycles. The van der Waals surface area contributed by atoms with Crippen LogP contribution in [-0.2, 0) is 5.41 Å². The molecule has 0 radical (unpaired) electrons. The first-order valence-electron chi connectivity index (χ1n) is 7.44. The maximum absolute atomic E-state index is 14.5. The smallest absolute Gasteiger partial charge is 0.127 e. The maximum atomic E-state index is 14.5.